The van der Waals surface area contributed by atoms with Crippen LogP contribution in [0, 0.1) is 11.8 Å². The normalized spacial score (nSPS) is 19.1. The molecule has 2 unspecified atom stereocenters. The van der Waals surface area contributed by atoms with Crippen molar-refractivity contribution in [1.82, 2.24) is 14.5 Å². The van der Waals surface area contributed by atoms with Crippen molar-refractivity contribution in [3.8, 4) is 0 Å². The van der Waals surface area contributed by atoms with Gasteiger partial charge in [-0.3, -0.25) is 10.1 Å². The molecule has 1 N–H and O–H groups in total. The van der Waals surface area contributed by atoms with Gasteiger partial charge in [0.2, 0.25) is 15.9 Å². The number of rotatable bonds is 7. The molecule has 0 spiro atoms. The van der Waals surface area contributed by atoms with Crippen LogP contribution in [0.5, 0.6) is 0 Å². The molecule has 2 heterocycles. The first-order chi connectivity index (χ1) is 16.2. The zero-order valence-electron chi connectivity index (χ0n) is 19.4. The molecular weight excluding hydrogens is 472 g/mol. The Morgan fingerprint density at radius 1 is 1.06 bits per heavy atom. The second-order valence-electron chi connectivity index (χ2n) is 8.77. The summed E-state index contributed by atoms with van der Waals surface area (Å²) in [4.78, 5) is 13.9. The van der Waals surface area contributed by atoms with Gasteiger partial charge in [0.25, 0.3) is 5.91 Å². The summed E-state index contributed by atoms with van der Waals surface area (Å²) in [6, 6.07) is 13.9. The average Bonchev–Trinajstić information content (AvgIpc) is 3.25. The van der Waals surface area contributed by atoms with Gasteiger partial charge in [-0.15, -0.1) is 16.9 Å². The highest BCUT2D eigenvalue weighted by molar-refractivity contribution is 7.98. The number of aromatic nitrogens is 2. The number of thioether (sulfide) groups is 1. The van der Waals surface area contributed by atoms with E-state index >= 15 is 0 Å². The molecule has 1 saturated heterocycles. The van der Waals surface area contributed by atoms with Crippen LogP contribution in [-0.4, -0.2) is 48.2 Å². The van der Waals surface area contributed by atoms with E-state index in [1.54, 1.807) is 11.8 Å². The van der Waals surface area contributed by atoms with Crippen molar-refractivity contribution in [2.45, 2.75) is 36.5 Å². The molecule has 0 aliphatic carbocycles. The van der Waals surface area contributed by atoms with Crippen molar-refractivity contribution >= 4 is 33.7 Å². The fourth-order valence-electron chi connectivity index (χ4n) is 4.19. The van der Waals surface area contributed by atoms with Crippen LogP contribution in [0.15, 0.2) is 62.7 Å². The number of hydrogen-bond acceptors (Lipinski definition) is 7. The Bertz CT molecular complexity index is 1230. The number of carbonyl (C=O) groups excluding carboxylic acids is 1. The number of piperidine rings is 1. The standard InChI is InChI=1S/C24H28N4O4S2/c1-16-12-17(2)15-28(14-16)34(30,31)21-10-6-19(7-11-21)23(29)25-24-27-26-22(32-24)13-18-4-8-20(33-3)9-5-18/h4-11,16-17H,12-15H2,1-3H3,(H,25,27,29). The van der Waals surface area contributed by atoms with E-state index in [-0.39, 0.29) is 10.9 Å². The Hall–Kier alpha value is -2.69. The Morgan fingerprint density at radius 3 is 2.32 bits per heavy atom. The van der Waals surface area contributed by atoms with Crippen LogP contribution in [0.4, 0.5) is 6.01 Å². The van der Waals surface area contributed by atoms with Crippen LogP contribution in [0.25, 0.3) is 0 Å². The zero-order chi connectivity index (χ0) is 24.3. The van der Waals surface area contributed by atoms with E-state index in [2.05, 4.69) is 29.4 Å². The number of sulfonamides is 1. The summed E-state index contributed by atoms with van der Waals surface area (Å²) >= 11 is 1.67. The smallest absolute Gasteiger partial charge is 0.322 e. The van der Waals surface area contributed by atoms with Gasteiger partial charge < -0.3 is 4.42 Å². The lowest BCUT2D eigenvalue weighted by molar-refractivity contribution is 0.102. The fourth-order valence-corrected chi connectivity index (χ4v) is 6.28. The summed E-state index contributed by atoms with van der Waals surface area (Å²) < 4.78 is 33.1. The quantitative estimate of drug-likeness (QED) is 0.482. The lowest BCUT2D eigenvalue weighted by atomic mass is 9.94. The summed E-state index contributed by atoms with van der Waals surface area (Å²) in [5.74, 6) is 0.567. The molecule has 4 rings (SSSR count). The first kappa shape index (κ1) is 24.4. The van der Waals surface area contributed by atoms with E-state index in [4.69, 9.17) is 4.42 Å². The van der Waals surface area contributed by atoms with Gasteiger partial charge in [0.1, 0.15) is 0 Å². The van der Waals surface area contributed by atoms with Gasteiger partial charge in [0, 0.05) is 23.5 Å². The number of hydrogen-bond donors (Lipinski definition) is 1. The summed E-state index contributed by atoms with van der Waals surface area (Å²) in [7, 11) is -3.60. The Labute approximate surface area is 204 Å². The molecule has 0 radical (unpaired) electrons. The minimum Gasteiger partial charge on any atom is -0.407 e. The predicted octanol–water partition coefficient (Wildman–Crippen LogP) is 4.30. The molecule has 1 fully saturated rings. The number of carbonyl (C=O) groups is 1. The lowest BCUT2D eigenvalue weighted by Gasteiger charge is -2.34. The van der Waals surface area contributed by atoms with Gasteiger partial charge in [0.15, 0.2) is 0 Å². The van der Waals surface area contributed by atoms with Crippen molar-refractivity contribution in [1.29, 1.82) is 0 Å². The molecule has 180 valence electrons. The molecule has 1 aliphatic heterocycles. The molecule has 1 amide bonds. The topological polar surface area (TPSA) is 105 Å². The number of nitrogens with zero attached hydrogens (tertiary/aromatic N) is 3. The molecule has 3 aromatic rings. The zero-order valence-corrected chi connectivity index (χ0v) is 21.0. The van der Waals surface area contributed by atoms with Gasteiger partial charge in [-0.05, 0) is 66.5 Å². The third-order valence-electron chi connectivity index (χ3n) is 5.79. The van der Waals surface area contributed by atoms with Crippen molar-refractivity contribution in [2.24, 2.45) is 11.8 Å². The van der Waals surface area contributed by atoms with Gasteiger partial charge >= 0.3 is 6.01 Å². The van der Waals surface area contributed by atoms with E-state index < -0.39 is 15.9 Å². The molecular formula is C24H28N4O4S2. The van der Waals surface area contributed by atoms with Gasteiger partial charge in [-0.2, -0.15) is 4.31 Å². The number of amides is 1. The minimum absolute atomic E-state index is 0.00581. The Balaban J connectivity index is 1.39. The summed E-state index contributed by atoms with van der Waals surface area (Å²) in [6.45, 7) is 5.15. The van der Waals surface area contributed by atoms with Crippen LogP contribution >= 0.6 is 11.8 Å². The highest BCUT2D eigenvalue weighted by Crippen LogP contribution is 2.27. The molecule has 8 nitrogen and oxygen atoms in total. The molecule has 34 heavy (non-hydrogen) atoms. The first-order valence-electron chi connectivity index (χ1n) is 11.1. The summed E-state index contributed by atoms with van der Waals surface area (Å²) in [6.07, 6.45) is 3.49. The van der Waals surface area contributed by atoms with Gasteiger partial charge in [0.05, 0.1) is 11.3 Å². The van der Waals surface area contributed by atoms with E-state index in [1.165, 1.54) is 33.5 Å². The highest BCUT2D eigenvalue weighted by Gasteiger charge is 2.31. The minimum atomic E-state index is -3.60. The van der Waals surface area contributed by atoms with E-state index in [9.17, 15) is 13.2 Å². The molecule has 2 aromatic carbocycles. The third kappa shape index (κ3) is 5.68. The van der Waals surface area contributed by atoms with Gasteiger partial charge in [-0.25, -0.2) is 8.42 Å². The van der Waals surface area contributed by atoms with Crippen molar-refractivity contribution < 1.29 is 17.6 Å². The van der Waals surface area contributed by atoms with Crippen LogP contribution in [0.2, 0.25) is 0 Å². The number of anilines is 1. The molecule has 1 aliphatic rings. The third-order valence-corrected chi connectivity index (χ3v) is 8.38. The van der Waals surface area contributed by atoms with Crippen LogP contribution in [0.3, 0.4) is 0 Å². The number of benzene rings is 2. The van der Waals surface area contributed by atoms with E-state index in [1.807, 2.05) is 30.5 Å². The van der Waals surface area contributed by atoms with Crippen molar-refractivity contribution in [3.63, 3.8) is 0 Å². The first-order valence-corrected chi connectivity index (χ1v) is 13.8. The molecule has 0 bridgehead atoms. The maximum atomic E-state index is 13.0. The average molecular weight is 501 g/mol. The Kier molecular flexibility index (Phi) is 7.39. The monoisotopic (exact) mass is 500 g/mol. The fraction of sp³-hybridized carbons (Fsp3) is 0.375. The largest absolute Gasteiger partial charge is 0.407 e. The molecule has 10 heteroatoms. The van der Waals surface area contributed by atoms with Gasteiger partial charge in [-0.1, -0.05) is 31.1 Å². The van der Waals surface area contributed by atoms with Crippen LogP contribution < -0.4 is 5.32 Å². The molecule has 1 aromatic heterocycles. The maximum Gasteiger partial charge on any atom is 0.322 e. The summed E-state index contributed by atoms with van der Waals surface area (Å²) in [5.41, 5.74) is 1.32. The second-order valence-corrected chi connectivity index (χ2v) is 11.6. The SMILES string of the molecule is CSc1ccc(Cc2nnc(NC(=O)c3ccc(S(=O)(=O)N4CC(C)CC(C)C4)cc3)o2)cc1. The Morgan fingerprint density at radius 2 is 1.71 bits per heavy atom. The summed E-state index contributed by atoms with van der Waals surface area (Å²) in [5, 5.41) is 10.5. The highest BCUT2D eigenvalue weighted by atomic mass is 32.2. The van der Waals surface area contributed by atoms with E-state index in [0.29, 0.717) is 42.8 Å². The van der Waals surface area contributed by atoms with Crippen LogP contribution in [-0.2, 0) is 16.4 Å². The number of nitrogens with one attached hydrogen (secondary N) is 1. The van der Waals surface area contributed by atoms with Crippen molar-refractivity contribution in [3.05, 3.63) is 65.5 Å². The molecule has 2 atom stereocenters. The molecule has 0 saturated carbocycles. The second kappa shape index (κ2) is 10.3. The van der Waals surface area contributed by atoms with Crippen molar-refractivity contribution in [2.75, 3.05) is 24.7 Å². The lowest BCUT2D eigenvalue weighted by Crippen LogP contribution is -2.42. The van der Waals surface area contributed by atoms with E-state index in [0.717, 1.165) is 12.0 Å². The predicted molar refractivity (Wildman–Crippen MR) is 131 cm³/mol. The van der Waals surface area contributed by atoms with Crippen LogP contribution in [0.1, 0.15) is 42.1 Å². The maximum absolute atomic E-state index is 13.0.